The summed E-state index contributed by atoms with van der Waals surface area (Å²) in [6.07, 6.45) is 0.475. The van der Waals surface area contributed by atoms with Gasteiger partial charge in [0, 0.05) is 47.8 Å². The molecule has 0 aromatic heterocycles. The maximum atomic E-state index is 13.2. The number of carbonyl (C=O) groups excluding carboxylic acids is 2. The Hall–Kier alpha value is -3.95. The predicted octanol–water partition coefficient (Wildman–Crippen LogP) is 5.31. The summed E-state index contributed by atoms with van der Waals surface area (Å²) in [6, 6.07) is 20.8. The van der Waals surface area contributed by atoms with E-state index in [4.69, 9.17) is 5.11 Å². The van der Waals surface area contributed by atoms with Gasteiger partial charge in [-0.3, -0.25) is 14.4 Å². The van der Waals surface area contributed by atoms with Crippen LogP contribution in [0.1, 0.15) is 30.0 Å². The van der Waals surface area contributed by atoms with Crippen molar-refractivity contribution in [3.63, 3.8) is 0 Å². The van der Waals surface area contributed by atoms with E-state index in [1.807, 2.05) is 85.7 Å². The number of fused-ring (bicyclic) bond motifs is 1. The van der Waals surface area contributed by atoms with Gasteiger partial charge < -0.3 is 25.5 Å². The van der Waals surface area contributed by atoms with Gasteiger partial charge in [0.25, 0.3) is 5.91 Å². The molecular weight excluding hydrogens is 560 g/mol. The summed E-state index contributed by atoms with van der Waals surface area (Å²) < 4.78 is 0.861. The first-order valence-corrected chi connectivity index (χ1v) is 13.4. The zero-order valence-corrected chi connectivity index (χ0v) is 23.7. The van der Waals surface area contributed by atoms with E-state index in [-0.39, 0.29) is 18.2 Å². The van der Waals surface area contributed by atoms with Gasteiger partial charge in [-0.25, -0.2) is 0 Å². The number of hydrogen-bond acceptors (Lipinski definition) is 5. The van der Waals surface area contributed by atoms with Crippen LogP contribution in [0.3, 0.4) is 0 Å². The van der Waals surface area contributed by atoms with E-state index >= 15 is 0 Å². The summed E-state index contributed by atoms with van der Waals surface area (Å²) in [5.41, 5.74) is 5.87. The summed E-state index contributed by atoms with van der Waals surface area (Å²) in [7, 11) is 3.93. The van der Waals surface area contributed by atoms with Gasteiger partial charge >= 0.3 is 5.97 Å². The number of anilines is 3. The molecule has 8 nitrogen and oxygen atoms in total. The first-order valence-electron chi connectivity index (χ1n) is 12.6. The largest absolute Gasteiger partial charge is 0.481 e. The molecule has 0 fully saturated rings. The van der Waals surface area contributed by atoms with E-state index in [1.54, 1.807) is 11.8 Å². The van der Waals surface area contributed by atoms with Crippen molar-refractivity contribution in [3.8, 4) is 0 Å². The van der Waals surface area contributed by atoms with Gasteiger partial charge in [0.2, 0.25) is 5.91 Å². The van der Waals surface area contributed by atoms with Gasteiger partial charge in [-0.1, -0.05) is 46.3 Å². The molecule has 0 unspecified atom stereocenters. The van der Waals surface area contributed by atoms with Crippen molar-refractivity contribution in [2.45, 2.75) is 19.8 Å². The molecule has 0 bridgehead atoms. The number of carboxylic acid groups (broad SMARTS) is 1. The third-order valence-electron chi connectivity index (χ3n) is 6.45. The lowest BCUT2D eigenvalue weighted by atomic mass is 9.98. The smallest absolute Gasteiger partial charge is 0.303 e. The van der Waals surface area contributed by atoms with Crippen molar-refractivity contribution in [1.29, 1.82) is 0 Å². The molecular formula is C30H31BrN4O4. The monoisotopic (exact) mass is 590 g/mol. The molecule has 1 aliphatic heterocycles. The van der Waals surface area contributed by atoms with Gasteiger partial charge in [0.1, 0.15) is 0 Å². The third-order valence-corrected chi connectivity index (χ3v) is 6.94. The van der Waals surface area contributed by atoms with E-state index in [1.165, 1.54) is 0 Å². The molecule has 1 aliphatic rings. The van der Waals surface area contributed by atoms with Crippen LogP contribution in [0.25, 0.3) is 11.3 Å². The first-order chi connectivity index (χ1) is 18.6. The number of rotatable bonds is 10. The molecule has 0 radical (unpaired) electrons. The van der Waals surface area contributed by atoms with Crippen molar-refractivity contribution in [3.05, 3.63) is 87.9 Å². The SMILES string of the molecule is CC(=O)N(CCN(C)C)c1ccc(N/C(=C2\C(=O)Nc3cc(Br)ccc32)c2ccc(CCC(=O)O)cc2)cc1. The average Bonchev–Trinajstić information content (AvgIpc) is 3.21. The second-order valence-electron chi connectivity index (χ2n) is 9.63. The number of nitrogens with zero attached hydrogens (tertiary/aromatic N) is 2. The molecule has 0 spiro atoms. The Labute approximate surface area is 236 Å². The summed E-state index contributed by atoms with van der Waals surface area (Å²) >= 11 is 3.47. The molecule has 3 aromatic rings. The molecule has 3 aromatic carbocycles. The Kier molecular flexibility index (Phi) is 8.83. The zero-order valence-electron chi connectivity index (χ0n) is 22.1. The van der Waals surface area contributed by atoms with Crippen LogP contribution in [0.2, 0.25) is 0 Å². The van der Waals surface area contributed by atoms with Crippen LogP contribution in [-0.4, -0.2) is 55.0 Å². The molecule has 0 atom stereocenters. The number of carboxylic acids is 1. The Bertz CT molecular complexity index is 1420. The normalized spacial score (nSPS) is 13.6. The molecule has 0 saturated carbocycles. The van der Waals surface area contributed by atoms with Crippen molar-refractivity contribution in [1.82, 2.24) is 4.90 Å². The van der Waals surface area contributed by atoms with Crippen LogP contribution in [0.4, 0.5) is 17.1 Å². The van der Waals surface area contributed by atoms with Crippen LogP contribution in [0.15, 0.2) is 71.2 Å². The zero-order chi connectivity index (χ0) is 28.1. The second kappa shape index (κ2) is 12.3. The lowest BCUT2D eigenvalue weighted by molar-refractivity contribution is -0.137. The fourth-order valence-corrected chi connectivity index (χ4v) is 4.76. The number of carbonyl (C=O) groups is 3. The molecule has 9 heteroatoms. The maximum absolute atomic E-state index is 13.2. The number of aryl methyl sites for hydroxylation is 1. The minimum Gasteiger partial charge on any atom is -0.481 e. The molecule has 0 aliphatic carbocycles. The van der Waals surface area contributed by atoms with Crippen LogP contribution in [-0.2, 0) is 20.8 Å². The van der Waals surface area contributed by atoms with Gasteiger partial charge in [-0.15, -0.1) is 0 Å². The van der Waals surface area contributed by atoms with E-state index in [2.05, 4.69) is 26.6 Å². The molecule has 202 valence electrons. The number of aliphatic carboxylic acids is 1. The Morgan fingerprint density at radius 2 is 1.67 bits per heavy atom. The van der Waals surface area contributed by atoms with Crippen LogP contribution in [0.5, 0.6) is 0 Å². The Morgan fingerprint density at radius 3 is 2.28 bits per heavy atom. The van der Waals surface area contributed by atoms with Crippen LogP contribution < -0.4 is 15.5 Å². The third kappa shape index (κ3) is 6.93. The summed E-state index contributed by atoms with van der Waals surface area (Å²) in [5, 5.41) is 15.4. The number of likely N-dealkylation sites (N-methyl/N-ethyl adjacent to an activating group) is 1. The lowest BCUT2D eigenvalue weighted by Crippen LogP contribution is -2.35. The number of benzene rings is 3. The standard InChI is InChI=1S/C30H31BrN4O4/c1-19(36)35(17-16-34(2)3)24-12-10-23(11-13-24)32-29(21-7-4-20(5-8-21)6-15-27(37)38)28-25-14-9-22(31)18-26(25)33-30(28)39/h4-5,7-14,18,32H,6,15-17H2,1-3H3,(H,33,39)(H,37,38)/b29-28-. The topological polar surface area (TPSA) is 102 Å². The quantitative estimate of drug-likeness (QED) is 0.276. The highest BCUT2D eigenvalue weighted by atomic mass is 79.9. The van der Waals surface area contributed by atoms with E-state index in [0.29, 0.717) is 24.2 Å². The summed E-state index contributed by atoms with van der Waals surface area (Å²) in [6.45, 7) is 2.87. The maximum Gasteiger partial charge on any atom is 0.303 e. The van der Waals surface area contributed by atoms with Crippen molar-refractivity contribution < 1.29 is 19.5 Å². The molecule has 0 saturated heterocycles. The second-order valence-corrected chi connectivity index (χ2v) is 10.5. The fourth-order valence-electron chi connectivity index (χ4n) is 4.40. The van der Waals surface area contributed by atoms with Gasteiger partial charge in [-0.2, -0.15) is 0 Å². The molecule has 2 amide bonds. The number of nitrogens with one attached hydrogen (secondary N) is 2. The number of halogens is 1. The van der Waals surface area contributed by atoms with Gasteiger partial charge in [0.05, 0.1) is 17.0 Å². The average molecular weight is 592 g/mol. The minimum absolute atomic E-state index is 0.0336. The van der Waals surface area contributed by atoms with E-state index < -0.39 is 5.97 Å². The van der Waals surface area contributed by atoms with Crippen molar-refractivity contribution in [2.75, 3.05) is 42.7 Å². The number of hydrogen-bond donors (Lipinski definition) is 3. The van der Waals surface area contributed by atoms with Crippen LogP contribution in [0, 0.1) is 0 Å². The van der Waals surface area contributed by atoms with Crippen LogP contribution >= 0.6 is 15.9 Å². The minimum atomic E-state index is -0.845. The fraction of sp³-hybridized carbons (Fsp3) is 0.233. The summed E-state index contributed by atoms with van der Waals surface area (Å²) in [5.74, 6) is -1.10. The molecule has 3 N–H and O–H groups in total. The van der Waals surface area contributed by atoms with E-state index in [9.17, 15) is 14.4 Å². The highest BCUT2D eigenvalue weighted by Gasteiger charge is 2.28. The highest BCUT2D eigenvalue weighted by molar-refractivity contribution is 9.10. The van der Waals surface area contributed by atoms with Crippen molar-refractivity contribution in [2.24, 2.45) is 0 Å². The Balaban J connectivity index is 1.70. The van der Waals surface area contributed by atoms with Crippen molar-refractivity contribution >= 4 is 62.0 Å². The highest BCUT2D eigenvalue weighted by Crippen LogP contribution is 2.39. The lowest BCUT2D eigenvalue weighted by Gasteiger charge is -2.23. The molecule has 1 heterocycles. The molecule has 4 rings (SSSR count). The Morgan fingerprint density at radius 1 is 0.974 bits per heavy atom. The molecule has 39 heavy (non-hydrogen) atoms. The van der Waals surface area contributed by atoms with Gasteiger partial charge in [0.15, 0.2) is 0 Å². The predicted molar refractivity (Wildman–Crippen MR) is 159 cm³/mol. The first kappa shape index (κ1) is 28.1. The van der Waals surface area contributed by atoms with E-state index in [0.717, 1.165) is 44.8 Å². The summed E-state index contributed by atoms with van der Waals surface area (Å²) in [4.78, 5) is 40.2. The van der Waals surface area contributed by atoms with Gasteiger partial charge in [-0.05, 0) is 68.0 Å². The number of amides is 2.